The topological polar surface area (TPSA) is 37.5 Å². The lowest BCUT2D eigenvalue weighted by atomic mass is 10.4. The van der Waals surface area contributed by atoms with Gasteiger partial charge in [-0.2, -0.15) is 0 Å². The van der Waals surface area contributed by atoms with Gasteiger partial charge in [0.05, 0.1) is 16.6 Å². The Bertz CT molecular complexity index is 702. The van der Waals surface area contributed by atoms with Gasteiger partial charge >= 0.3 is 0 Å². The van der Waals surface area contributed by atoms with Crippen molar-refractivity contribution in [2.24, 2.45) is 0 Å². The Kier molecular flexibility index (Phi) is 2.34. The van der Waals surface area contributed by atoms with E-state index in [1.54, 1.807) is 29.7 Å². The lowest BCUT2D eigenvalue weighted by Gasteiger charge is -1.99. The zero-order valence-corrected chi connectivity index (χ0v) is 10.6. The molecule has 0 radical (unpaired) electrons. The summed E-state index contributed by atoms with van der Waals surface area (Å²) in [5.41, 5.74) is 0.797. The number of fused-ring (bicyclic) bond motifs is 1. The number of aryl methyl sites for hydroxylation is 1. The number of thiophene rings is 1. The first-order valence-corrected chi connectivity index (χ1v) is 6.28. The van der Waals surface area contributed by atoms with Gasteiger partial charge in [-0.1, -0.05) is 11.6 Å². The average molecular weight is 265 g/mol. The van der Waals surface area contributed by atoms with E-state index in [0.29, 0.717) is 5.15 Å². The molecule has 0 aromatic carbocycles. The molecule has 3 aromatic rings. The predicted molar refractivity (Wildman–Crippen MR) is 69.9 cm³/mol. The quantitative estimate of drug-likeness (QED) is 0.727. The number of aromatic hydroxyl groups is 1. The summed E-state index contributed by atoms with van der Waals surface area (Å²) in [6.45, 7) is 2.04. The van der Waals surface area contributed by atoms with Crippen LogP contribution in [0.5, 0.6) is 5.75 Å². The van der Waals surface area contributed by atoms with Crippen LogP contribution in [0.1, 0.15) is 4.88 Å². The fraction of sp³-hybridized carbons (Fsp3) is 0.0833. The number of hydrogen-bond acceptors (Lipinski definition) is 3. The van der Waals surface area contributed by atoms with Crippen molar-refractivity contribution in [1.29, 1.82) is 0 Å². The maximum Gasteiger partial charge on any atom is 0.156 e. The van der Waals surface area contributed by atoms with Crippen LogP contribution in [0, 0.1) is 6.92 Å². The van der Waals surface area contributed by atoms with Crippen molar-refractivity contribution in [3.63, 3.8) is 0 Å². The summed E-state index contributed by atoms with van der Waals surface area (Å²) in [4.78, 5) is 6.59. The van der Waals surface area contributed by atoms with Crippen molar-refractivity contribution in [3.8, 4) is 16.5 Å². The SMILES string of the molecule is Cc1ccc(-c2nc(Cl)c3ccc(O)cn23)s1. The highest BCUT2D eigenvalue weighted by molar-refractivity contribution is 7.15. The summed E-state index contributed by atoms with van der Waals surface area (Å²) in [6.07, 6.45) is 1.62. The Morgan fingerprint density at radius 2 is 2.12 bits per heavy atom. The molecule has 0 bridgehead atoms. The van der Waals surface area contributed by atoms with Crippen molar-refractivity contribution < 1.29 is 5.11 Å². The first kappa shape index (κ1) is 10.6. The second kappa shape index (κ2) is 3.75. The van der Waals surface area contributed by atoms with Crippen LogP contribution in [0.25, 0.3) is 16.2 Å². The summed E-state index contributed by atoms with van der Waals surface area (Å²) in [7, 11) is 0. The molecule has 0 aliphatic carbocycles. The van der Waals surface area contributed by atoms with Gasteiger partial charge in [-0.15, -0.1) is 11.3 Å². The lowest BCUT2D eigenvalue weighted by molar-refractivity contribution is 0.472. The number of hydrogen-bond donors (Lipinski definition) is 1. The molecule has 0 saturated heterocycles. The predicted octanol–water partition coefficient (Wildman–Crippen LogP) is 3.73. The lowest BCUT2D eigenvalue weighted by Crippen LogP contribution is -1.86. The van der Waals surface area contributed by atoms with Crippen LogP contribution in [0.3, 0.4) is 0 Å². The Hall–Kier alpha value is -1.52. The van der Waals surface area contributed by atoms with Gasteiger partial charge in [0.2, 0.25) is 0 Å². The summed E-state index contributed by atoms with van der Waals surface area (Å²) in [5, 5.41) is 9.98. The van der Waals surface area contributed by atoms with E-state index in [1.165, 1.54) is 4.88 Å². The highest BCUT2D eigenvalue weighted by Gasteiger charge is 2.12. The Morgan fingerprint density at radius 1 is 1.29 bits per heavy atom. The highest BCUT2D eigenvalue weighted by atomic mass is 35.5. The zero-order chi connectivity index (χ0) is 12.0. The van der Waals surface area contributed by atoms with Gasteiger partial charge in [0.25, 0.3) is 0 Å². The fourth-order valence-electron chi connectivity index (χ4n) is 1.77. The molecule has 3 nitrogen and oxygen atoms in total. The fourth-order valence-corrected chi connectivity index (χ4v) is 2.85. The minimum Gasteiger partial charge on any atom is -0.506 e. The first-order valence-electron chi connectivity index (χ1n) is 5.08. The standard InChI is InChI=1S/C12H9ClN2OS/c1-7-2-5-10(17-7)12-14-11(13)9-4-3-8(16)6-15(9)12/h2-6,16H,1H3. The van der Waals surface area contributed by atoms with Crippen molar-refractivity contribution in [3.05, 3.63) is 40.5 Å². The van der Waals surface area contributed by atoms with E-state index in [0.717, 1.165) is 16.2 Å². The van der Waals surface area contributed by atoms with Crippen LogP contribution >= 0.6 is 22.9 Å². The summed E-state index contributed by atoms with van der Waals surface area (Å²) >= 11 is 7.73. The summed E-state index contributed by atoms with van der Waals surface area (Å²) in [5.74, 6) is 0.958. The first-order chi connectivity index (χ1) is 8.15. The van der Waals surface area contributed by atoms with Gasteiger partial charge in [-0.3, -0.25) is 4.40 Å². The van der Waals surface area contributed by atoms with Crippen LogP contribution in [-0.4, -0.2) is 14.5 Å². The molecule has 0 saturated carbocycles. The van der Waals surface area contributed by atoms with Crippen molar-refractivity contribution in [1.82, 2.24) is 9.38 Å². The number of pyridine rings is 1. The number of imidazole rings is 1. The van der Waals surface area contributed by atoms with Crippen molar-refractivity contribution in [2.75, 3.05) is 0 Å². The Labute approximate surface area is 107 Å². The molecular weight excluding hydrogens is 256 g/mol. The van der Waals surface area contributed by atoms with E-state index in [2.05, 4.69) is 4.98 Å². The zero-order valence-electron chi connectivity index (χ0n) is 9.01. The third kappa shape index (κ3) is 1.69. The van der Waals surface area contributed by atoms with Crippen molar-refractivity contribution >= 4 is 28.5 Å². The van der Waals surface area contributed by atoms with Gasteiger partial charge < -0.3 is 5.11 Å². The third-order valence-electron chi connectivity index (χ3n) is 2.54. The van der Waals surface area contributed by atoms with E-state index in [1.807, 2.05) is 23.5 Å². The second-order valence-electron chi connectivity index (χ2n) is 3.78. The van der Waals surface area contributed by atoms with E-state index in [-0.39, 0.29) is 5.75 Å². The molecule has 3 rings (SSSR count). The van der Waals surface area contributed by atoms with Crippen molar-refractivity contribution in [2.45, 2.75) is 6.92 Å². The van der Waals surface area contributed by atoms with E-state index >= 15 is 0 Å². The molecule has 0 aliphatic heterocycles. The molecule has 5 heteroatoms. The summed E-state index contributed by atoms with van der Waals surface area (Å²) < 4.78 is 1.81. The number of nitrogens with zero attached hydrogens (tertiary/aromatic N) is 2. The molecule has 3 heterocycles. The van der Waals surface area contributed by atoms with Gasteiger partial charge in [0, 0.05) is 4.88 Å². The van der Waals surface area contributed by atoms with Crippen LogP contribution in [-0.2, 0) is 0 Å². The van der Waals surface area contributed by atoms with Crippen LogP contribution in [0.4, 0.5) is 0 Å². The monoisotopic (exact) mass is 264 g/mol. The molecule has 0 unspecified atom stereocenters. The maximum absolute atomic E-state index is 9.53. The Morgan fingerprint density at radius 3 is 2.82 bits per heavy atom. The highest BCUT2D eigenvalue weighted by Crippen LogP contribution is 2.31. The van der Waals surface area contributed by atoms with Gasteiger partial charge in [-0.05, 0) is 31.2 Å². The number of halogens is 1. The molecule has 86 valence electrons. The molecule has 0 aliphatic rings. The van der Waals surface area contributed by atoms with E-state index in [9.17, 15) is 5.11 Å². The smallest absolute Gasteiger partial charge is 0.156 e. The van der Waals surface area contributed by atoms with Crippen LogP contribution < -0.4 is 0 Å². The molecule has 0 amide bonds. The normalized spacial score (nSPS) is 11.2. The maximum atomic E-state index is 9.53. The number of rotatable bonds is 1. The van der Waals surface area contributed by atoms with Crippen LogP contribution in [0.2, 0.25) is 5.15 Å². The molecule has 0 fully saturated rings. The molecule has 1 N–H and O–H groups in total. The molecule has 0 atom stereocenters. The third-order valence-corrected chi connectivity index (χ3v) is 3.81. The minimum atomic E-state index is 0.195. The largest absolute Gasteiger partial charge is 0.506 e. The van der Waals surface area contributed by atoms with E-state index in [4.69, 9.17) is 11.6 Å². The summed E-state index contributed by atoms with van der Waals surface area (Å²) in [6, 6.07) is 7.41. The average Bonchev–Trinajstić information content (AvgIpc) is 2.83. The molecule has 3 aromatic heterocycles. The Balaban J connectivity index is 2.33. The second-order valence-corrected chi connectivity index (χ2v) is 5.42. The minimum absolute atomic E-state index is 0.195. The van der Waals surface area contributed by atoms with Gasteiger partial charge in [0.1, 0.15) is 5.75 Å². The molecule has 0 spiro atoms. The van der Waals surface area contributed by atoms with E-state index < -0.39 is 0 Å². The van der Waals surface area contributed by atoms with Gasteiger partial charge in [-0.25, -0.2) is 4.98 Å². The van der Waals surface area contributed by atoms with Gasteiger partial charge in [0.15, 0.2) is 11.0 Å². The number of aromatic nitrogens is 2. The molecular formula is C12H9ClN2OS. The molecule has 17 heavy (non-hydrogen) atoms. The van der Waals surface area contributed by atoms with Crippen LogP contribution in [0.15, 0.2) is 30.5 Å².